The van der Waals surface area contributed by atoms with Gasteiger partial charge in [0, 0.05) is 12.6 Å². The normalized spacial score (nSPS) is 17.7. The summed E-state index contributed by atoms with van der Waals surface area (Å²) >= 11 is 6.01. The summed E-state index contributed by atoms with van der Waals surface area (Å²) < 4.78 is 38.4. The lowest BCUT2D eigenvalue weighted by molar-refractivity contribution is -0.430. The van der Waals surface area contributed by atoms with E-state index in [9.17, 15) is 18.0 Å². The Balaban J connectivity index is 1.42. The SMILES string of the molecule is Nc1ncnc(C(=O)NC2CCCN(Cc3nc4nc(C(F)(F)F)[nH+]cc4[nH]3)C2)c1Cl. The van der Waals surface area contributed by atoms with Gasteiger partial charge in [-0.15, -0.1) is 0 Å². The molecule has 1 saturated heterocycles. The molecule has 10 nitrogen and oxygen atoms in total. The van der Waals surface area contributed by atoms with Crippen LogP contribution in [0.25, 0.3) is 11.2 Å². The van der Waals surface area contributed by atoms with Gasteiger partial charge in [0.25, 0.3) is 11.6 Å². The van der Waals surface area contributed by atoms with Crippen LogP contribution in [-0.2, 0) is 12.7 Å². The Labute approximate surface area is 178 Å². The fourth-order valence-electron chi connectivity index (χ4n) is 3.44. The number of fused-ring (bicyclic) bond motifs is 1. The lowest BCUT2D eigenvalue weighted by Gasteiger charge is -2.32. The van der Waals surface area contributed by atoms with Gasteiger partial charge in [-0.25, -0.2) is 15.0 Å². The van der Waals surface area contributed by atoms with Crippen molar-refractivity contribution in [2.45, 2.75) is 31.6 Å². The number of alkyl halides is 3. The Morgan fingerprint density at radius 3 is 2.97 bits per heavy atom. The first kappa shape index (κ1) is 21.2. The van der Waals surface area contributed by atoms with Crippen LogP contribution >= 0.6 is 11.6 Å². The van der Waals surface area contributed by atoms with E-state index < -0.39 is 17.9 Å². The number of carbonyl (C=O) groups excluding carboxylic acids is 1. The summed E-state index contributed by atoms with van der Waals surface area (Å²) in [6.45, 7) is 1.64. The van der Waals surface area contributed by atoms with E-state index in [4.69, 9.17) is 17.3 Å². The van der Waals surface area contributed by atoms with Crippen molar-refractivity contribution in [3.05, 3.63) is 34.9 Å². The highest BCUT2D eigenvalue weighted by atomic mass is 35.5. The number of piperidine rings is 1. The maximum absolute atomic E-state index is 12.8. The summed E-state index contributed by atoms with van der Waals surface area (Å²) in [5.74, 6) is -1.05. The Kier molecular flexibility index (Phi) is 5.62. The molecule has 1 aliphatic heterocycles. The predicted molar refractivity (Wildman–Crippen MR) is 103 cm³/mol. The number of aromatic nitrogens is 6. The Bertz CT molecular complexity index is 1120. The van der Waals surface area contributed by atoms with Gasteiger partial charge in [-0.1, -0.05) is 11.6 Å². The van der Waals surface area contributed by atoms with E-state index in [1.54, 1.807) is 0 Å². The minimum absolute atomic E-state index is 0.00234. The molecule has 1 atom stereocenters. The summed E-state index contributed by atoms with van der Waals surface area (Å²) in [7, 11) is 0. The third-order valence-corrected chi connectivity index (χ3v) is 5.22. The molecule has 3 aromatic rings. The molecular weight excluding hydrogens is 439 g/mol. The highest BCUT2D eigenvalue weighted by molar-refractivity contribution is 6.35. The number of nitrogens with zero attached hydrogens (tertiary/aromatic N) is 5. The lowest BCUT2D eigenvalue weighted by atomic mass is 10.1. The second-order valence-corrected chi connectivity index (χ2v) is 7.51. The van der Waals surface area contributed by atoms with Crippen LogP contribution in [0, 0.1) is 0 Å². The molecule has 164 valence electrons. The van der Waals surface area contributed by atoms with E-state index in [-0.39, 0.29) is 28.2 Å². The molecule has 14 heteroatoms. The van der Waals surface area contributed by atoms with Gasteiger partial charge in [-0.3, -0.25) is 9.69 Å². The Hall–Kier alpha value is -3.06. The smallest absolute Gasteiger partial charge is 0.382 e. The molecule has 1 unspecified atom stereocenters. The Morgan fingerprint density at radius 1 is 1.39 bits per heavy atom. The third kappa shape index (κ3) is 4.66. The number of hydrogen-bond acceptors (Lipinski definition) is 7. The molecule has 0 saturated carbocycles. The number of rotatable bonds is 4. The van der Waals surface area contributed by atoms with Crippen LogP contribution in [0.15, 0.2) is 12.5 Å². The van der Waals surface area contributed by atoms with E-state index >= 15 is 0 Å². The largest absolute Gasteiger partial charge is 0.499 e. The molecule has 3 aromatic heterocycles. The molecule has 0 spiro atoms. The molecule has 1 aliphatic rings. The molecule has 4 rings (SSSR count). The molecular formula is C17H18ClF3N9O+. The maximum Gasteiger partial charge on any atom is 0.499 e. The summed E-state index contributed by atoms with van der Waals surface area (Å²) in [6.07, 6.45) is -0.650. The van der Waals surface area contributed by atoms with E-state index in [0.717, 1.165) is 19.4 Å². The molecule has 0 bridgehead atoms. The summed E-state index contributed by atoms with van der Waals surface area (Å²) in [5.41, 5.74) is 5.98. The zero-order valence-corrected chi connectivity index (χ0v) is 16.8. The summed E-state index contributed by atoms with van der Waals surface area (Å²) in [5, 5.41) is 2.88. The highest BCUT2D eigenvalue weighted by Gasteiger charge is 2.42. The fourth-order valence-corrected chi connectivity index (χ4v) is 3.62. The van der Waals surface area contributed by atoms with E-state index in [2.05, 4.69) is 35.2 Å². The number of anilines is 1. The second kappa shape index (κ2) is 8.23. The number of nitrogens with two attached hydrogens (primary N) is 1. The van der Waals surface area contributed by atoms with Crippen LogP contribution in [0.3, 0.4) is 0 Å². The molecule has 4 heterocycles. The fraction of sp³-hybridized carbons (Fsp3) is 0.412. The number of likely N-dealkylation sites (tertiary alicyclic amines) is 1. The van der Waals surface area contributed by atoms with Crippen molar-refractivity contribution < 1.29 is 22.9 Å². The first-order valence-corrected chi connectivity index (χ1v) is 9.72. The van der Waals surface area contributed by atoms with E-state index in [1.165, 1.54) is 12.5 Å². The standard InChI is InChI=1S/C17H17ClF3N9O/c18-11-12(24-7-25-13(11)22)15(31)26-8-2-1-3-30(5-8)6-10-27-9-4-23-16(17(19,20)21)29-14(9)28-10/h4,7-8H,1-3,5-6H2,(H,26,31)(H2,22,24,25)(H,23,27,28,29)/p+1. The number of halogens is 4. The van der Waals surface area contributed by atoms with E-state index in [0.29, 0.717) is 24.4 Å². The first-order valence-electron chi connectivity index (χ1n) is 9.34. The molecule has 1 amide bonds. The van der Waals surface area contributed by atoms with Crippen molar-refractivity contribution in [1.29, 1.82) is 0 Å². The molecule has 31 heavy (non-hydrogen) atoms. The Morgan fingerprint density at radius 2 is 2.19 bits per heavy atom. The number of aromatic amines is 2. The number of imidazole rings is 1. The number of hydrogen-bond donors (Lipinski definition) is 3. The molecule has 0 aliphatic carbocycles. The van der Waals surface area contributed by atoms with Gasteiger partial charge >= 0.3 is 12.0 Å². The zero-order valence-electron chi connectivity index (χ0n) is 16.0. The van der Waals surface area contributed by atoms with Crippen molar-refractivity contribution in [2.24, 2.45) is 0 Å². The number of H-pyrrole nitrogens is 2. The van der Waals surface area contributed by atoms with Crippen LogP contribution in [-0.4, -0.2) is 54.9 Å². The summed E-state index contributed by atoms with van der Waals surface area (Å²) in [6, 6.07) is -0.166. The number of amides is 1. The number of nitrogens with one attached hydrogen (secondary N) is 3. The minimum atomic E-state index is -4.58. The van der Waals surface area contributed by atoms with Gasteiger partial charge in [0.15, 0.2) is 11.2 Å². The van der Waals surface area contributed by atoms with Crippen molar-refractivity contribution in [3.63, 3.8) is 0 Å². The van der Waals surface area contributed by atoms with Crippen molar-refractivity contribution >= 4 is 34.5 Å². The topological polar surface area (TPSA) is 140 Å². The third-order valence-electron chi connectivity index (χ3n) is 4.85. The lowest BCUT2D eigenvalue weighted by Crippen LogP contribution is -2.47. The van der Waals surface area contributed by atoms with Gasteiger partial charge in [0.05, 0.1) is 6.54 Å². The average molecular weight is 457 g/mol. The van der Waals surface area contributed by atoms with Crippen molar-refractivity contribution in [2.75, 3.05) is 18.8 Å². The molecule has 0 radical (unpaired) electrons. The van der Waals surface area contributed by atoms with Crippen molar-refractivity contribution in [3.8, 4) is 0 Å². The number of nitrogen functional groups attached to an aromatic ring is 1. The van der Waals surface area contributed by atoms with E-state index in [1.807, 2.05) is 4.90 Å². The highest BCUT2D eigenvalue weighted by Crippen LogP contribution is 2.25. The predicted octanol–water partition coefficient (Wildman–Crippen LogP) is 1.21. The monoisotopic (exact) mass is 456 g/mol. The van der Waals surface area contributed by atoms with Crippen LogP contribution in [0.1, 0.15) is 35.0 Å². The molecule has 5 N–H and O–H groups in total. The van der Waals surface area contributed by atoms with Crippen LogP contribution in [0.4, 0.5) is 19.0 Å². The van der Waals surface area contributed by atoms with Gasteiger partial charge in [-0.2, -0.15) is 18.2 Å². The van der Waals surface area contributed by atoms with Crippen molar-refractivity contribution in [1.82, 2.24) is 35.1 Å². The molecule has 1 fully saturated rings. The second-order valence-electron chi connectivity index (χ2n) is 7.14. The molecule has 0 aromatic carbocycles. The first-order chi connectivity index (χ1) is 14.7. The van der Waals surface area contributed by atoms with Crippen LogP contribution < -0.4 is 16.0 Å². The van der Waals surface area contributed by atoms with Crippen LogP contribution in [0.2, 0.25) is 5.02 Å². The minimum Gasteiger partial charge on any atom is -0.382 e. The van der Waals surface area contributed by atoms with Gasteiger partial charge in [-0.05, 0) is 24.4 Å². The quantitative estimate of drug-likeness (QED) is 0.536. The van der Waals surface area contributed by atoms with Gasteiger partial charge < -0.3 is 16.0 Å². The number of carbonyl (C=O) groups is 1. The van der Waals surface area contributed by atoms with Gasteiger partial charge in [0.1, 0.15) is 29.2 Å². The average Bonchev–Trinajstić information content (AvgIpc) is 3.11. The zero-order chi connectivity index (χ0) is 22.2. The van der Waals surface area contributed by atoms with Gasteiger partial charge in [0.2, 0.25) is 0 Å². The summed E-state index contributed by atoms with van der Waals surface area (Å²) in [4.78, 5) is 34.9. The van der Waals surface area contributed by atoms with Crippen LogP contribution in [0.5, 0.6) is 0 Å². The maximum atomic E-state index is 12.8.